The summed E-state index contributed by atoms with van der Waals surface area (Å²) in [4.78, 5) is 13.1. The Hall–Kier alpha value is -3.39. The van der Waals surface area contributed by atoms with Crippen LogP contribution in [0, 0.1) is 24.2 Å². The van der Waals surface area contributed by atoms with Gasteiger partial charge in [0.1, 0.15) is 0 Å². The zero-order valence-electron chi connectivity index (χ0n) is 18.8. The number of carbonyl (C=O) groups excluding carboxylic acids is 1. The minimum atomic E-state index is -0.120. The second kappa shape index (κ2) is 9.82. The van der Waals surface area contributed by atoms with E-state index in [2.05, 4.69) is 42.5 Å². The maximum Gasteiger partial charge on any atom is 0.272 e. The lowest BCUT2D eigenvalue weighted by atomic mass is 9.98. The summed E-state index contributed by atoms with van der Waals surface area (Å²) >= 11 is 0. The first kappa shape index (κ1) is 21.8. The molecule has 2 unspecified atom stereocenters. The Labute approximate surface area is 190 Å². The summed E-state index contributed by atoms with van der Waals surface area (Å²) in [6.07, 6.45) is 6.88. The van der Waals surface area contributed by atoms with Crippen LogP contribution in [0.1, 0.15) is 67.1 Å². The van der Waals surface area contributed by atoms with Crippen LogP contribution in [0.4, 0.5) is 0 Å². The Bertz CT molecular complexity index is 1110. The van der Waals surface area contributed by atoms with E-state index in [4.69, 9.17) is 5.26 Å². The van der Waals surface area contributed by atoms with E-state index in [0.29, 0.717) is 11.3 Å². The van der Waals surface area contributed by atoms with Crippen molar-refractivity contribution < 1.29 is 4.79 Å². The fourth-order valence-corrected chi connectivity index (χ4v) is 4.49. The van der Waals surface area contributed by atoms with E-state index in [1.54, 1.807) is 16.8 Å². The number of aryl methyl sites for hydroxylation is 1. The molecule has 0 radical (unpaired) electrons. The number of rotatable bonds is 5. The van der Waals surface area contributed by atoms with E-state index in [1.165, 1.54) is 24.8 Å². The van der Waals surface area contributed by atoms with Crippen LogP contribution in [-0.4, -0.2) is 21.7 Å². The molecule has 1 saturated carbocycles. The van der Waals surface area contributed by atoms with Crippen molar-refractivity contribution in [2.24, 2.45) is 5.92 Å². The van der Waals surface area contributed by atoms with Gasteiger partial charge in [-0.05, 0) is 62.4 Å². The summed E-state index contributed by atoms with van der Waals surface area (Å²) in [5.74, 6) is 0.659. The monoisotopic (exact) mass is 426 g/mol. The summed E-state index contributed by atoms with van der Waals surface area (Å²) in [6, 6.07) is 19.7. The Morgan fingerprint density at radius 1 is 1.09 bits per heavy atom. The molecule has 4 rings (SSSR count). The normalized spacial score (nSPS) is 18.5. The van der Waals surface area contributed by atoms with Gasteiger partial charge in [-0.2, -0.15) is 10.4 Å². The lowest BCUT2D eigenvalue weighted by Crippen LogP contribution is -2.34. The number of nitrogens with one attached hydrogen (secondary N) is 1. The van der Waals surface area contributed by atoms with Crippen LogP contribution < -0.4 is 5.32 Å². The Kier molecular flexibility index (Phi) is 6.70. The molecular formula is C27H30N4O. The van der Waals surface area contributed by atoms with Gasteiger partial charge < -0.3 is 5.32 Å². The van der Waals surface area contributed by atoms with Crippen molar-refractivity contribution in [1.82, 2.24) is 15.1 Å². The van der Waals surface area contributed by atoms with E-state index in [1.807, 2.05) is 30.3 Å². The van der Waals surface area contributed by atoms with Crippen molar-refractivity contribution in [3.63, 3.8) is 0 Å². The van der Waals surface area contributed by atoms with Crippen LogP contribution in [0.2, 0.25) is 0 Å². The molecule has 5 nitrogen and oxygen atoms in total. The topological polar surface area (TPSA) is 70.7 Å². The van der Waals surface area contributed by atoms with Crippen LogP contribution in [0.15, 0.2) is 54.6 Å². The molecular weight excluding hydrogens is 396 g/mol. The Morgan fingerprint density at radius 2 is 1.84 bits per heavy atom. The van der Waals surface area contributed by atoms with Crippen molar-refractivity contribution in [1.29, 1.82) is 5.26 Å². The van der Waals surface area contributed by atoms with E-state index < -0.39 is 0 Å². The van der Waals surface area contributed by atoms with Crippen LogP contribution in [-0.2, 0) is 0 Å². The van der Waals surface area contributed by atoms with Gasteiger partial charge in [0.2, 0.25) is 0 Å². The Balaban J connectivity index is 1.63. The van der Waals surface area contributed by atoms with Gasteiger partial charge in [-0.3, -0.25) is 4.79 Å². The molecule has 1 fully saturated rings. The molecule has 1 aliphatic rings. The van der Waals surface area contributed by atoms with E-state index >= 15 is 0 Å². The first-order valence-corrected chi connectivity index (χ1v) is 11.6. The summed E-state index contributed by atoms with van der Waals surface area (Å²) < 4.78 is 1.79. The van der Waals surface area contributed by atoms with E-state index in [-0.39, 0.29) is 11.9 Å². The highest BCUT2D eigenvalue weighted by atomic mass is 16.2. The van der Waals surface area contributed by atoms with Gasteiger partial charge in [-0.25, -0.2) is 4.68 Å². The first-order valence-electron chi connectivity index (χ1n) is 11.6. The molecule has 3 aromatic rings. The van der Waals surface area contributed by atoms with Gasteiger partial charge in [0, 0.05) is 11.6 Å². The van der Waals surface area contributed by atoms with Crippen LogP contribution in [0.5, 0.6) is 0 Å². The lowest BCUT2D eigenvalue weighted by Gasteiger charge is -2.15. The minimum absolute atomic E-state index is 0.120. The standard InChI is InChI=1S/C27H30N4O/c1-3-20-5-4-6-23(14-9-20)29-27(32)25-17-26(22-12-7-19(2)8-13-22)31(30-25)24-15-10-21(18-28)11-16-24/h7-8,10-13,15-17,20,23H,3-6,9,14H2,1-2H3,(H,29,32). The first-order chi connectivity index (χ1) is 15.6. The second-order valence-corrected chi connectivity index (χ2v) is 8.80. The molecule has 0 aliphatic heterocycles. The maximum absolute atomic E-state index is 13.1. The molecule has 1 N–H and O–H groups in total. The van der Waals surface area contributed by atoms with E-state index in [0.717, 1.165) is 42.1 Å². The molecule has 0 saturated heterocycles. The molecule has 1 amide bonds. The number of amides is 1. The molecule has 2 aromatic carbocycles. The van der Waals surface area contributed by atoms with Crippen molar-refractivity contribution in [3.05, 3.63) is 71.4 Å². The number of benzene rings is 2. The van der Waals surface area contributed by atoms with Crippen LogP contribution >= 0.6 is 0 Å². The highest BCUT2D eigenvalue weighted by molar-refractivity contribution is 5.93. The third-order valence-corrected chi connectivity index (χ3v) is 6.53. The predicted octanol–water partition coefficient (Wildman–Crippen LogP) is 5.81. The van der Waals surface area contributed by atoms with Crippen molar-refractivity contribution in [3.8, 4) is 23.0 Å². The Morgan fingerprint density at radius 3 is 2.53 bits per heavy atom. The molecule has 2 atom stereocenters. The molecule has 5 heteroatoms. The van der Waals surface area contributed by atoms with E-state index in [9.17, 15) is 4.79 Å². The van der Waals surface area contributed by atoms with Crippen molar-refractivity contribution >= 4 is 5.91 Å². The van der Waals surface area contributed by atoms with Gasteiger partial charge in [0.25, 0.3) is 5.91 Å². The average Bonchev–Trinajstić information content (AvgIpc) is 3.14. The quantitative estimate of drug-likeness (QED) is 0.524. The number of carbonyl (C=O) groups is 1. The molecule has 32 heavy (non-hydrogen) atoms. The van der Waals surface area contributed by atoms with Crippen molar-refractivity contribution in [2.75, 3.05) is 0 Å². The lowest BCUT2D eigenvalue weighted by molar-refractivity contribution is 0.0927. The molecule has 0 spiro atoms. The average molecular weight is 427 g/mol. The van der Waals surface area contributed by atoms with Crippen LogP contribution in [0.3, 0.4) is 0 Å². The van der Waals surface area contributed by atoms with Gasteiger partial charge in [-0.15, -0.1) is 0 Å². The summed E-state index contributed by atoms with van der Waals surface area (Å²) in [7, 11) is 0. The SMILES string of the molecule is CCC1CCCC(NC(=O)c2cc(-c3ccc(C)cc3)n(-c3ccc(C#N)cc3)n2)CC1. The molecule has 0 bridgehead atoms. The minimum Gasteiger partial charge on any atom is -0.348 e. The molecule has 1 aliphatic carbocycles. The molecule has 1 heterocycles. The fourth-order valence-electron chi connectivity index (χ4n) is 4.49. The third-order valence-electron chi connectivity index (χ3n) is 6.53. The highest BCUT2D eigenvalue weighted by Gasteiger charge is 2.22. The predicted molar refractivity (Wildman–Crippen MR) is 127 cm³/mol. The second-order valence-electron chi connectivity index (χ2n) is 8.80. The number of nitrogens with zero attached hydrogens (tertiary/aromatic N) is 3. The van der Waals surface area contributed by atoms with Gasteiger partial charge >= 0.3 is 0 Å². The third kappa shape index (κ3) is 4.91. The van der Waals surface area contributed by atoms with Gasteiger partial charge in [0.15, 0.2) is 5.69 Å². The summed E-state index contributed by atoms with van der Waals surface area (Å²) in [5.41, 5.74) is 4.85. The molecule has 1 aromatic heterocycles. The van der Waals surface area contributed by atoms with Gasteiger partial charge in [-0.1, -0.05) is 56.0 Å². The summed E-state index contributed by atoms with van der Waals surface area (Å²) in [6.45, 7) is 4.31. The number of aromatic nitrogens is 2. The number of nitriles is 1. The zero-order chi connectivity index (χ0) is 22.5. The maximum atomic E-state index is 13.1. The fraction of sp³-hybridized carbons (Fsp3) is 0.370. The zero-order valence-corrected chi connectivity index (χ0v) is 18.8. The van der Waals surface area contributed by atoms with Crippen LogP contribution in [0.25, 0.3) is 16.9 Å². The summed E-state index contributed by atoms with van der Waals surface area (Å²) in [5, 5.41) is 17.0. The van der Waals surface area contributed by atoms with Gasteiger partial charge in [0.05, 0.1) is 23.0 Å². The number of hydrogen-bond donors (Lipinski definition) is 1. The smallest absolute Gasteiger partial charge is 0.272 e. The number of hydrogen-bond acceptors (Lipinski definition) is 3. The molecule has 164 valence electrons. The van der Waals surface area contributed by atoms with Crippen molar-refractivity contribution in [2.45, 2.75) is 58.4 Å². The largest absolute Gasteiger partial charge is 0.348 e. The highest BCUT2D eigenvalue weighted by Crippen LogP contribution is 2.27.